The summed E-state index contributed by atoms with van der Waals surface area (Å²) >= 11 is 9.74. The lowest BCUT2D eigenvalue weighted by molar-refractivity contribution is 0.426. The molecule has 0 spiro atoms. The second-order valence-corrected chi connectivity index (χ2v) is 38.0. The first-order valence-electron chi connectivity index (χ1n) is 42.9. The van der Waals surface area contributed by atoms with Crippen molar-refractivity contribution < 1.29 is 10.0 Å². The maximum absolute atomic E-state index is 9.60. The van der Waals surface area contributed by atoms with E-state index in [1.807, 2.05) is 65.9 Å². The highest BCUT2D eigenvalue weighted by atomic mass is 35.5. The van der Waals surface area contributed by atoms with Crippen LogP contribution in [0, 0.1) is 0 Å². The van der Waals surface area contributed by atoms with Crippen LogP contribution in [-0.4, -0.2) is 47.1 Å². The van der Waals surface area contributed by atoms with Gasteiger partial charge < -0.3 is 10.0 Å². The van der Waals surface area contributed by atoms with Crippen LogP contribution < -0.4 is 5.46 Å². The van der Waals surface area contributed by atoms with Gasteiger partial charge in [0.25, 0.3) is 0 Å². The molecule has 4 aliphatic rings. The monoisotopic (exact) mass is 1680 g/mol. The summed E-state index contributed by atoms with van der Waals surface area (Å²) in [7, 11) is -1.45. The Morgan fingerprint density at radius 2 is 0.444 bits per heavy atom. The molecule has 16 aromatic carbocycles. The summed E-state index contributed by atoms with van der Waals surface area (Å²) in [4.78, 5) is 30.9. The van der Waals surface area contributed by atoms with E-state index in [1.165, 1.54) is 142 Å². The molecule has 24 rings (SSSR count). The molecule has 4 heterocycles. The Kier molecular flexibility index (Phi) is 18.8. The van der Waals surface area contributed by atoms with E-state index in [0.29, 0.717) is 45.4 Å². The summed E-state index contributed by atoms with van der Waals surface area (Å²) in [6, 6.07) is 124. The zero-order valence-electron chi connectivity index (χ0n) is 70.8. The van der Waals surface area contributed by atoms with Crippen molar-refractivity contribution in [3.63, 3.8) is 0 Å². The molecule has 0 bridgehead atoms. The van der Waals surface area contributed by atoms with Crippen molar-refractivity contribution in [3.05, 3.63) is 401 Å². The summed E-state index contributed by atoms with van der Waals surface area (Å²) in [6.45, 7) is 18.5. The van der Waals surface area contributed by atoms with Crippen LogP contribution in [0.2, 0.25) is 5.02 Å². The Hall–Kier alpha value is -13.7. The zero-order valence-corrected chi connectivity index (χ0v) is 73.2. The first-order chi connectivity index (χ1) is 61.2. The zero-order chi connectivity index (χ0) is 85.6. The smallest absolute Gasteiger partial charge is 0.423 e. The molecule has 0 saturated heterocycles. The number of nitrogens with zero attached hydrogens (tertiary/aromatic N) is 6. The highest BCUT2D eigenvalue weighted by Crippen LogP contribution is 2.55. The minimum Gasteiger partial charge on any atom is -0.423 e. The van der Waals surface area contributed by atoms with Gasteiger partial charge in [-0.1, -0.05) is 370 Å². The van der Waals surface area contributed by atoms with E-state index in [4.69, 9.17) is 41.5 Å². The van der Waals surface area contributed by atoms with Crippen molar-refractivity contribution in [1.82, 2.24) is 29.9 Å². The largest absolute Gasteiger partial charge is 0.489 e. The maximum Gasteiger partial charge on any atom is 0.489 e. The highest BCUT2D eigenvalue weighted by molar-refractivity contribution is 7.27. The summed E-state index contributed by atoms with van der Waals surface area (Å²) in [5.74, 6) is 3.95. The molecular weight excluding hydrogens is 1600 g/mol. The second kappa shape index (κ2) is 30.3. The van der Waals surface area contributed by atoms with E-state index in [-0.39, 0.29) is 21.7 Å². The maximum atomic E-state index is 9.60. The molecule has 0 fully saturated rings. The van der Waals surface area contributed by atoms with E-state index < -0.39 is 7.12 Å². The van der Waals surface area contributed by atoms with Crippen LogP contribution >= 0.6 is 34.3 Å². The fourth-order valence-electron chi connectivity index (χ4n) is 20.1. The van der Waals surface area contributed by atoms with Crippen LogP contribution in [0.5, 0.6) is 0 Å². The van der Waals surface area contributed by atoms with Gasteiger partial charge in [-0.25, -0.2) is 29.9 Å². The van der Waals surface area contributed by atoms with Crippen LogP contribution in [0.1, 0.15) is 99.9 Å². The molecule has 604 valence electrons. The Labute approximate surface area is 746 Å². The van der Waals surface area contributed by atoms with Crippen LogP contribution in [0.4, 0.5) is 0 Å². The van der Waals surface area contributed by atoms with Crippen LogP contribution in [0.3, 0.4) is 0 Å². The average Bonchev–Trinajstić information content (AvgIpc) is 1.57. The van der Waals surface area contributed by atoms with Crippen molar-refractivity contribution in [2.45, 2.75) is 77.0 Å². The van der Waals surface area contributed by atoms with Gasteiger partial charge in [-0.2, -0.15) is 0 Å². The standard InChI is InChI=1S/C57H41N3S.C39H30ClN3.C18H13BO2S/c1-56(2)47-22-10-8-16-41(47)43-30-28-37(32-49(43)56)54-58-53(59-55(60-54)38-29-31-44-42-17-9-11-23-48(42)57(3,4)50(44)33-38)36-26-24-35(25-27-36)40-19-13-21-46-45-20-12-18-39(51(45)61-52(40)46)34-14-6-5-7-15-34;1-38(2)31-11-7-5-9-27(31)29-19-15-24(21-33(29)38)36-41-35(23-13-17-26(40)18-14-23)42-37(43-36)25-16-20-30-28-10-6-8-12-32(28)39(3,4)34(30)22-25;20-19(21)16-11-5-10-15-14-9-4-8-13(17(14)22-18(15)16)12-6-2-1-3-7-12/h5-33H,1-4H3;5-22H,1-4H3;1-11,20-21H. The predicted octanol–water partition coefficient (Wildman–Crippen LogP) is 28.7. The number of benzene rings is 16. The fraction of sp³-hybridized carbons (Fsp3) is 0.105. The molecule has 0 unspecified atom stereocenters. The number of fused-ring (bicyclic) bond motifs is 18. The van der Waals surface area contributed by atoms with Crippen molar-refractivity contribution in [2.24, 2.45) is 0 Å². The number of hydrogen-bond acceptors (Lipinski definition) is 10. The Morgan fingerprint density at radius 3 is 0.762 bits per heavy atom. The van der Waals surface area contributed by atoms with Gasteiger partial charge in [0.15, 0.2) is 34.9 Å². The molecule has 8 nitrogen and oxygen atoms in total. The van der Waals surface area contributed by atoms with Gasteiger partial charge in [-0.15, -0.1) is 22.7 Å². The van der Waals surface area contributed by atoms with Crippen LogP contribution in [0.25, 0.3) is 187 Å². The first kappa shape index (κ1) is 78.2. The minimum atomic E-state index is -1.45. The van der Waals surface area contributed by atoms with Crippen molar-refractivity contribution in [2.75, 3.05) is 0 Å². The first-order valence-corrected chi connectivity index (χ1v) is 45.0. The van der Waals surface area contributed by atoms with Crippen molar-refractivity contribution in [3.8, 4) is 146 Å². The third-order valence-corrected chi connectivity index (χ3v) is 29.6. The Bertz CT molecular complexity index is 7580. The van der Waals surface area contributed by atoms with E-state index in [1.54, 1.807) is 17.4 Å². The molecule has 0 amide bonds. The summed E-state index contributed by atoms with van der Waals surface area (Å²) in [6.07, 6.45) is 0. The van der Waals surface area contributed by atoms with Crippen molar-refractivity contribution in [1.29, 1.82) is 0 Å². The molecule has 2 N–H and O–H groups in total. The SMILES string of the molecule is CC1(C)c2ccccc2-c2ccc(-c3nc(-c4ccc(-c5cccc6c5sc5c(-c7ccccc7)cccc56)cc4)nc(-c4ccc5c(c4)C(C)(C)c4ccccc4-5)n3)cc21.CC1(C)c2ccccc2-c2ccc(-c3nc(-c4ccc(Cl)cc4)nc(-c4ccc5c(c4)C(C)(C)c4ccccc4-5)n3)cc21.OB(O)c1cccc2c1sc1c(-c3ccccc3)cccc12. The van der Waals surface area contributed by atoms with Crippen LogP contribution in [-0.2, 0) is 21.7 Å². The van der Waals surface area contributed by atoms with Gasteiger partial charge in [-0.05, 0) is 182 Å². The van der Waals surface area contributed by atoms with E-state index in [2.05, 4.69) is 347 Å². The van der Waals surface area contributed by atoms with E-state index >= 15 is 0 Å². The van der Waals surface area contributed by atoms with Gasteiger partial charge in [0.2, 0.25) is 0 Å². The molecule has 0 saturated carbocycles. The van der Waals surface area contributed by atoms with Gasteiger partial charge in [0.05, 0.1) is 0 Å². The third-order valence-electron chi connectivity index (χ3n) is 26.7. The fourth-order valence-corrected chi connectivity index (χ4v) is 22.9. The van der Waals surface area contributed by atoms with E-state index in [0.717, 1.165) is 54.4 Å². The number of rotatable bonds is 10. The lowest BCUT2D eigenvalue weighted by atomic mass is 9.80. The quantitative estimate of drug-likeness (QED) is 0.130. The molecule has 4 aliphatic carbocycles. The second-order valence-electron chi connectivity index (χ2n) is 35.5. The van der Waals surface area contributed by atoms with Gasteiger partial charge in [0.1, 0.15) is 0 Å². The molecule has 20 aromatic rings. The highest BCUT2D eigenvalue weighted by Gasteiger charge is 2.40. The van der Waals surface area contributed by atoms with Crippen molar-refractivity contribution >= 4 is 87.2 Å². The summed E-state index contributed by atoms with van der Waals surface area (Å²) < 4.78 is 4.73. The number of hydrogen-bond donors (Lipinski definition) is 2. The Balaban J connectivity index is 0.000000125. The molecular formula is C114H84BClN6O2S2. The molecule has 126 heavy (non-hydrogen) atoms. The lowest BCUT2D eigenvalue weighted by Gasteiger charge is -2.22. The lowest BCUT2D eigenvalue weighted by Crippen LogP contribution is -2.29. The van der Waals surface area contributed by atoms with Gasteiger partial charge in [0, 0.05) is 95.0 Å². The number of aromatic nitrogens is 6. The van der Waals surface area contributed by atoms with Gasteiger partial charge in [-0.3, -0.25) is 0 Å². The topological polar surface area (TPSA) is 118 Å². The predicted molar refractivity (Wildman–Crippen MR) is 526 cm³/mol. The van der Waals surface area contributed by atoms with E-state index in [9.17, 15) is 10.0 Å². The molecule has 0 radical (unpaired) electrons. The molecule has 0 atom stereocenters. The van der Waals surface area contributed by atoms with Gasteiger partial charge >= 0.3 is 7.12 Å². The molecule has 0 aliphatic heterocycles. The average molecular weight is 1680 g/mol. The summed E-state index contributed by atoms with van der Waals surface area (Å²) in [5, 5.41) is 24.7. The number of thiophene rings is 2. The third kappa shape index (κ3) is 13.0. The number of halogens is 1. The molecule has 4 aromatic heterocycles. The van der Waals surface area contributed by atoms with Crippen LogP contribution in [0.15, 0.2) is 352 Å². The normalized spacial score (nSPS) is 13.9. The molecule has 12 heteroatoms. The summed E-state index contributed by atoms with van der Waals surface area (Å²) in [5.41, 5.74) is 34.0. The minimum absolute atomic E-state index is 0.114. The Morgan fingerprint density at radius 1 is 0.214 bits per heavy atom.